The molecule has 0 aliphatic heterocycles. The second kappa shape index (κ2) is 8.30. The third-order valence-electron chi connectivity index (χ3n) is 3.05. The van der Waals surface area contributed by atoms with Crippen LogP contribution in [0.3, 0.4) is 0 Å². The third-order valence-corrected chi connectivity index (χ3v) is 3.46. The summed E-state index contributed by atoms with van der Waals surface area (Å²) in [5.74, 6) is -1.31. The van der Waals surface area contributed by atoms with Gasteiger partial charge in [0, 0.05) is 11.9 Å². The van der Waals surface area contributed by atoms with E-state index in [2.05, 4.69) is 35.8 Å². The van der Waals surface area contributed by atoms with Gasteiger partial charge in [0.15, 0.2) is 0 Å². The van der Waals surface area contributed by atoms with Gasteiger partial charge in [0.1, 0.15) is 5.70 Å². The van der Waals surface area contributed by atoms with Crippen LogP contribution < -0.4 is 5.32 Å². The van der Waals surface area contributed by atoms with Crippen LogP contribution in [0.25, 0.3) is 0 Å². The van der Waals surface area contributed by atoms with E-state index in [0.29, 0.717) is 12.2 Å². The number of carbonyl (C=O) groups is 2. The van der Waals surface area contributed by atoms with Crippen LogP contribution in [0.2, 0.25) is 0 Å². The molecule has 7 nitrogen and oxygen atoms in total. The lowest BCUT2D eigenvalue weighted by molar-refractivity contribution is -0.138. The van der Waals surface area contributed by atoms with E-state index in [9.17, 15) is 9.59 Å². The summed E-state index contributed by atoms with van der Waals surface area (Å²) in [6, 6.07) is 7.37. The Morgan fingerprint density at radius 1 is 1.25 bits per heavy atom. The zero-order chi connectivity index (χ0) is 17.5. The Bertz CT molecular complexity index is 753. The normalized spacial score (nSPS) is 11.0. The number of anilines is 1. The number of hydrogen-bond acceptors (Lipinski definition) is 6. The number of nitrogens with one attached hydrogen (secondary N) is 1. The summed E-state index contributed by atoms with van der Waals surface area (Å²) < 4.78 is 11.9. The Balaban J connectivity index is 2.09. The van der Waals surface area contributed by atoms with Crippen molar-refractivity contribution in [2.45, 2.75) is 6.54 Å². The molecule has 2 aromatic rings. The molecule has 0 unspecified atom stereocenters. The zero-order valence-corrected chi connectivity index (χ0v) is 14.7. The average Bonchev–Trinajstić information content (AvgIpc) is 2.99. The molecule has 0 aliphatic carbocycles. The quantitative estimate of drug-likeness (QED) is 0.598. The van der Waals surface area contributed by atoms with Gasteiger partial charge in [0.05, 0.1) is 37.5 Å². The summed E-state index contributed by atoms with van der Waals surface area (Å²) in [5.41, 5.74) is 1.67. The molecule has 1 aromatic carbocycles. The number of halogens is 1. The van der Waals surface area contributed by atoms with Crippen molar-refractivity contribution >= 4 is 33.6 Å². The molecule has 0 aliphatic rings. The molecule has 1 N–H and O–H groups in total. The van der Waals surface area contributed by atoms with Crippen LogP contribution in [0.15, 0.2) is 52.9 Å². The van der Waals surface area contributed by atoms with Gasteiger partial charge < -0.3 is 14.8 Å². The molecule has 0 saturated carbocycles. The molecule has 1 heterocycles. The standard InChI is InChI=1S/C16H16BrN3O4/c1-23-15(21)7-14(16(22)24-2)19-13-5-3-11(4-6-13)9-20-10-12(17)8-18-20/h3-8,10,19H,9H2,1-2H3/b14-7+. The van der Waals surface area contributed by atoms with Crippen LogP contribution in [-0.4, -0.2) is 35.9 Å². The van der Waals surface area contributed by atoms with Crippen molar-refractivity contribution in [3.63, 3.8) is 0 Å². The maximum Gasteiger partial charge on any atom is 0.354 e. The Morgan fingerprint density at radius 3 is 2.50 bits per heavy atom. The van der Waals surface area contributed by atoms with E-state index < -0.39 is 11.9 Å². The predicted molar refractivity (Wildman–Crippen MR) is 91.2 cm³/mol. The van der Waals surface area contributed by atoms with E-state index in [-0.39, 0.29) is 5.70 Å². The molecule has 0 saturated heterocycles. The summed E-state index contributed by atoms with van der Waals surface area (Å²) in [6.07, 6.45) is 4.64. The number of rotatable bonds is 6. The summed E-state index contributed by atoms with van der Waals surface area (Å²) in [4.78, 5) is 23.0. The highest BCUT2D eigenvalue weighted by atomic mass is 79.9. The van der Waals surface area contributed by atoms with Gasteiger partial charge in [-0.15, -0.1) is 0 Å². The Kier molecular flexibility index (Phi) is 6.14. The molecule has 0 bridgehead atoms. The van der Waals surface area contributed by atoms with Gasteiger partial charge in [-0.05, 0) is 33.6 Å². The van der Waals surface area contributed by atoms with E-state index in [4.69, 9.17) is 0 Å². The van der Waals surface area contributed by atoms with Gasteiger partial charge in [-0.3, -0.25) is 4.68 Å². The fourth-order valence-electron chi connectivity index (χ4n) is 1.89. The summed E-state index contributed by atoms with van der Waals surface area (Å²) >= 11 is 3.35. The molecule has 126 valence electrons. The molecule has 1 aromatic heterocycles. The number of hydrogen-bond donors (Lipinski definition) is 1. The van der Waals surface area contributed by atoms with Crippen molar-refractivity contribution in [2.24, 2.45) is 0 Å². The largest absolute Gasteiger partial charge is 0.466 e. The van der Waals surface area contributed by atoms with E-state index in [1.54, 1.807) is 23.0 Å². The Morgan fingerprint density at radius 2 is 1.96 bits per heavy atom. The van der Waals surface area contributed by atoms with Crippen LogP contribution in [-0.2, 0) is 25.6 Å². The second-order valence-electron chi connectivity index (χ2n) is 4.75. The molecular formula is C16H16BrN3O4. The summed E-state index contributed by atoms with van der Waals surface area (Å²) in [5, 5.41) is 7.04. The molecule has 2 rings (SSSR count). The first-order valence-electron chi connectivity index (χ1n) is 6.93. The number of esters is 2. The van der Waals surface area contributed by atoms with Crippen LogP contribution >= 0.6 is 15.9 Å². The van der Waals surface area contributed by atoms with Gasteiger partial charge in [0.25, 0.3) is 0 Å². The number of ether oxygens (including phenoxy) is 2. The number of nitrogens with zero attached hydrogens (tertiary/aromatic N) is 2. The van der Waals surface area contributed by atoms with Crippen molar-refractivity contribution < 1.29 is 19.1 Å². The number of aromatic nitrogens is 2. The minimum Gasteiger partial charge on any atom is -0.466 e. The average molecular weight is 394 g/mol. The van der Waals surface area contributed by atoms with E-state index in [0.717, 1.165) is 16.1 Å². The van der Waals surface area contributed by atoms with Crippen LogP contribution in [0.4, 0.5) is 5.69 Å². The molecule has 0 radical (unpaired) electrons. The highest BCUT2D eigenvalue weighted by Crippen LogP contribution is 2.15. The van der Waals surface area contributed by atoms with Gasteiger partial charge in [-0.1, -0.05) is 12.1 Å². The van der Waals surface area contributed by atoms with Crippen LogP contribution in [0.1, 0.15) is 5.56 Å². The van der Waals surface area contributed by atoms with Gasteiger partial charge in [0.2, 0.25) is 0 Å². The molecule has 8 heteroatoms. The summed E-state index contributed by atoms with van der Waals surface area (Å²) in [7, 11) is 2.47. The van der Waals surface area contributed by atoms with Crippen molar-refractivity contribution in [3.8, 4) is 0 Å². The van der Waals surface area contributed by atoms with Crippen molar-refractivity contribution in [3.05, 3.63) is 58.5 Å². The van der Waals surface area contributed by atoms with Crippen molar-refractivity contribution in [2.75, 3.05) is 19.5 Å². The first kappa shape index (κ1) is 17.7. The highest BCUT2D eigenvalue weighted by molar-refractivity contribution is 9.10. The third kappa shape index (κ3) is 4.95. The van der Waals surface area contributed by atoms with E-state index >= 15 is 0 Å². The minimum atomic E-state index is -0.661. The van der Waals surface area contributed by atoms with Crippen LogP contribution in [0, 0.1) is 0 Å². The number of methoxy groups -OCH3 is 2. The molecule has 0 atom stereocenters. The molecule has 0 fully saturated rings. The smallest absolute Gasteiger partial charge is 0.354 e. The number of carbonyl (C=O) groups excluding carboxylic acids is 2. The molecule has 24 heavy (non-hydrogen) atoms. The predicted octanol–water partition coefficient (Wildman–Crippen LogP) is 2.34. The van der Waals surface area contributed by atoms with Crippen molar-refractivity contribution in [1.82, 2.24) is 9.78 Å². The maximum absolute atomic E-state index is 11.7. The topological polar surface area (TPSA) is 82.5 Å². The zero-order valence-electron chi connectivity index (χ0n) is 13.2. The Labute approximate surface area is 147 Å². The van der Waals surface area contributed by atoms with Crippen LogP contribution in [0.5, 0.6) is 0 Å². The Hall–Kier alpha value is -2.61. The monoisotopic (exact) mass is 393 g/mol. The highest BCUT2D eigenvalue weighted by Gasteiger charge is 2.12. The second-order valence-corrected chi connectivity index (χ2v) is 5.67. The SMILES string of the molecule is COC(=O)/C=C(/Nc1ccc(Cn2cc(Br)cn2)cc1)C(=O)OC. The van der Waals surface area contributed by atoms with Gasteiger partial charge >= 0.3 is 11.9 Å². The molecule has 0 spiro atoms. The van der Waals surface area contributed by atoms with Gasteiger partial charge in [-0.2, -0.15) is 5.10 Å². The van der Waals surface area contributed by atoms with Gasteiger partial charge in [-0.25, -0.2) is 9.59 Å². The first-order valence-corrected chi connectivity index (χ1v) is 7.73. The maximum atomic E-state index is 11.7. The lowest BCUT2D eigenvalue weighted by Gasteiger charge is -2.10. The summed E-state index contributed by atoms with van der Waals surface area (Å²) in [6.45, 7) is 0.619. The molecular weight excluding hydrogens is 378 g/mol. The fraction of sp³-hybridized carbons (Fsp3) is 0.188. The minimum absolute atomic E-state index is 0.00638. The lowest BCUT2D eigenvalue weighted by Crippen LogP contribution is -2.15. The first-order chi connectivity index (χ1) is 11.5. The van der Waals surface area contributed by atoms with E-state index in [1.807, 2.05) is 18.3 Å². The van der Waals surface area contributed by atoms with Crippen molar-refractivity contribution in [1.29, 1.82) is 0 Å². The van der Waals surface area contributed by atoms with E-state index in [1.165, 1.54) is 14.2 Å². The fourth-order valence-corrected chi connectivity index (χ4v) is 2.22. The molecule has 0 amide bonds. The lowest BCUT2D eigenvalue weighted by atomic mass is 10.2. The number of benzene rings is 1.